The van der Waals surface area contributed by atoms with Crippen molar-refractivity contribution in [3.63, 3.8) is 0 Å². The Morgan fingerprint density at radius 3 is 2.72 bits per heavy atom. The zero-order chi connectivity index (χ0) is 17.4. The fourth-order valence-electron chi connectivity index (χ4n) is 4.74. The van der Waals surface area contributed by atoms with Gasteiger partial charge in [0, 0.05) is 28.7 Å². The molecule has 2 fully saturated rings. The van der Waals surface area contributed by atoms with E-state index < -0.39 is 0 Å². The molecule has 1 amide bonds. The first-order valence-corrected chi connectivity index (χ1v) is 9.38. The Balaban J connectivity index is 1.71. The number of nitrogens with two attached hydrogens (primary N) is 1. The zero-order valence-corrected chi connectivity index (χ0v) is 15.0. The van der Waals surface area contributed by atoms with Gasteiger partial charge in [-0.25, -0.2) is 0 Å². The molecule has 2 aromatic carbocycles. The van der Waals surface area contributed by atoms with Gasteiger partial charge in [-0.05, 0) is 67.5 Å². The summed E-state index contributed by atoms with van der Waals surface area (Å²) in [5, 5.41) is 0.772. The van der Waals surface area contributed by atoms with E-state index >= 15 is 0 Å². The van der Waals surface area contributed by atoms with Gasteiger partial charge in [-0.15, -0.1) is 0 Å². The molecule has 25 heavy (non-hydrogen) atoms. The Bertz CT molecular complexity index is 785. The molecule has 2 aromatic rings. The highest BCUT2D eigenvalue weighted by Gasteiger charge is 2.49. The van der Waals surface area contributed by atoms with Crippen molar-refractivity contribution >= 4 is 17.5 Å². The van der Waals surface area contributed by atoms with E-state index in [2.05, 4.69) is 23.1 Å². The summed E-state index contributed by atoms with van der Waals surface area (Å²) in [4.78, 5) is 14.3. The summed E-state index contributed by atoms with van der Waals surface area (Å²) in [6.07, 6.45) is 5.99. The Morgan fingerprint density at radius 1 is 1.16 bits per heavy atom. The molecule has 2 heterocycles. The number of carbonyl (C=O) groups excluding carboxylic acids is 1. The average molecular weight is 355 g/mol. The monoisotopic (exact) mass is 354 g/mol. The molecule has 0 aromatic heterocycles. The molecule has 4 heteroatoms. The number of benzene rings is 2. The molecule has 3 nitrogen and oxygen atoms in total. The molecule has 2 aliphatic heterocycles. The number of piperidine rings is 1. The van der Waals surface area contributed by atoms with Crippen LogP contribution in [0, 0.1) is 0 Å². The van der Waals surface area contributed by atoms with Crippen LogP contribution in [0.5, 0.6) is 0 Å². The van der Waals surface area contributed by atoms with Crippen LogP contribution in [0.4, 0.5) is 0 Å². The average Bonchev–Trinajstić information content (AvgIpc) is 2.82. The Hall–Kier alpha value is -1.84. The van der Waals surface area contributed by atoms with Crippen LogP contribution in [0.25, 0.3) is 0 Å². The quantitative estimate of drug-likeness (QED) is 0.879. The van der Waals surface area contributed by atoms with E-state index in [0.717, 1.165) is 24.4 Å². The maximum Gasteiger partial charge on any atom is 0.248 e. The van der Waals surface area contributed by atoms with Crippen LogP contribution in [0.3, 0.4) is 0 Å². The van der Waals surface area contributed by atoms with Gasteiger partial charge in [-0.1, -0.05) is 35.9 Å². The third kappa shape index (κ3) is 2.96. The Kier molecular flexibility index (Phi) is 4.30. The van der Waals surface area contributed by atoms with Crippen LogP contribution in [0.15, 0.2) is 48.5 Å². The molecule has 4 rings (SSSR count). The topological polar surface area (TPSA) is 46.3 Å². The van der Waals surface area contributed by atoms with Crippen molar-refractivity contribution in [3.05, 3.63) is 70.2 Å². The molecule has 2 unspecified atom stereocenters. The van der Waals surface area contributed by atoms with Gasteiger partial charge in [0.15, 0.2) is 0 Å². The predicted octanol–water partition coefficient (Wildman–Crippen LogP) is 4.48. The highest BCUT2D eigenvalue weighted by atomic mass is 35.5. The minimum absolute atomic E-state index is 0.0218. The van der Waals surface area contributed by atoms with Gasteiger partial charge in [0.1, 0.15) is 0 Å². The first-order chi connectivity index (χ1) is 12.1. The lowest BCUT2D eigenvalue weighted by molar-refractivity contribution is 0.0426. The normalized spacial score (nSPS) is 25.9. The fraction of sp³-hybridized carbons (Fsp3) is 0.381. The summed E-state index contributed by atoms with van der Waals surface area (Å²) in [5.41, 5.74) is 8.66. The van der Waals surface area contributed by atoms with Crippen molar-refractivity contribution in [3.8, 4) is 0 Å². The van der Waals surface area contributed by atoms with Crippen molar-refractivity contribution in [2.45, 2.75) is 50.2 Å². The number of carbonyl (C=O) groups is 1. The van der Waals surface area contributed by atoms with Crippen LogP contribution in [-0.2, 0) is 12.1 Å². The van der Waals surface area contributed by atoms with Gasteiger partial charge in [-0.2, -0.15) is 0 Å². The molecule has 2 saturated heterocycles. The van der Waals surface area contributed by atoms with E-state index in [1.165, 1.54) is 30.4 Å². The van der Waals surface area contributed by atoms with E-state index in [9.17, 15) is 4.79 Å². The maximum absolute atomic E-state index is 11.6. The Morgan fingerprint density at radius 2 is 1.96 bits per heavy atom. The molecular weight excluding hydrogens is 332 g/mol. The molecule has 2 atom stereocenters. The molecule has 130 valence electrons. The van der Waals surface area contributed by atoms with Crippen molar-refractivity contribution in [2.75, 3.05) is 0 Å². The van der Waals surface area contributed by atoms with Gasteiger partial charge < -0.3 is 5.73 Å². The summed E-state index contributed by atoms with van der Waals surface area (Å²) < 4.78 is 0. The van der Waals surface area contributed by atoms with E-state index in [-0.39, 0.29) is 11.4 Å². The van der Waals surface area contributed by atoms with Gasteiger partial charge in [0.05, 0.1) is 0 Å². The lowest BCUT2D eigenvalue weighted by atomic mass is 9.80. The lowest BCUT2D eigenvalue weighted by Gasteiger charge is -2.45. The number of primary amides is 1. The predicted molar refractivity (Wildman–Crippen MR) is 101 cm³/mol. The molecular formula is C21H23ClN2O. The largest absolute Gasteiger partial charge is 0.366 e. The second kappa shape index (κ2) is 6.47. The standard InChI is InChI=1S/C21H23ClN2O/c22-18-8-6-15(7-9-18)14-24-19-5-2-11-21(24,12-10-19)17-4-1-3-16(13-17)20(23)25/h1,3-4,6-9,13,19H,2,5,10-12,14H2,(H2,23,25). The highest BCUT2D eigenvalue weighted by molar-refractivity contribution is 6.30. The number of rotatable bonds is 4. The third-order valence-corrected chi connectivity index (χ3v) is 6.21. The van der Waals surface area contributed by atoms with E-state index in [1.807, 2.05) is 24.3 Å². The summed E-state index contributed by atoms with van der Waals surface area (Å²) >= 11 is 6.04. The first-order valence-electron chi connectivity index (χ1n) is 9.00. The minimum Gasteiger partial charge on any atom is -0.366 e. The number of amides is 1. The maximum atomic E-state index is 11.6. The van der Waals surface area contributed by atoms with E-state index in [0.29, 0.717) is 11.6 Å². The smallest absolute Gasteiger partial charge is 0.248 e. The third-order valence-electron chi connectivity index (χ3n) is 5.96. The molecule has 0 radical (unpaired) electrons. The van der Waals surface area contributed by atoms with Crippen LogP contribution in [-0.4, -0.2) is 16.8 Å². The van der Waals surface area contributed by atoms with Gasteiger partial charge in [0.2, 0.25) is 5.91 Å². The van der Waals surface area contributed by atoms with Crippen LogP contribution < -0.4 is 5.73 Å². The zero-order valence-electron chi connectivity index (χ0n) is 14.2. The van der Waals surface area contributed by atoms with Gasteiger partial charge in [0.25, 0.3) is 0 Å². The van der Waals surface area contributed by atoms with Gasteiger partial charge in [-0.3, -0.25) is 9.69 Å². The molecule has 2 N–H and O–H groups in total. The first kappa shape index (κ1) is 16.6. The molecule has 2 aliphatic rings. The number of hydrogen-bond donors (Lipinski definition) is 1. The molecule has 2 bridgehead atoms. The second-order valence-electron chi connectivity index (χ2n) is 7.32. The molecule has 0 aliphatic carbocycles. The summed E-state index contributed by atoms with van der Waals surface area (Å²) in [5.74, 6) is -0.354. The number of nitrogens with zero attached hydrogens (tertiary/aromatic N) is 1. The number of fused-ring (bicyclic) bond motifs is 2. The van der Waals surface area contributed by atoms with Crippen molar-refractivity contribution < 1.29 is 4.79 Å². The highest BCUT2D eigenvalue weighted by Crippen LogP contribution is 2.51. The Labute approximate surface area is 153 Å². The number of halogens is 1. The fourth-order valence-corrected chi connectivity index (χ4v) is 4.86. The summed E-state index contributed by atoms with van der Waals surface area (Å²) in [6, 6.07) is 16.7. The molecule has 0 spiro atoms. The molecule has 0 saturated carbocycles. The van der Waals surface area contributed by atoms with Crippen LogP contribution >= 0.6 is 11.6 Å². The van der Waals surface area contributed by atoms with E-state index in [1.54, 1.807) is 6.07 Å². The second-order valence-corrected chi connectivity index (χ2v) is 7.75. The lowest BCUT2D eigenvalue weighted by Crippen LogP contribution is -2.47. The minimum atomic E-state index is -0.354. The number of hydrogen-bond acceptors (Lipinski definition) is 2. The van der Waals surface area contributed by atoms with Crippen molar-refractivity contribution in [1.82, 2.24) is 4.90 Å². The van der Waals surface area contributed by atoms with Crippen molar-refractivity contribution in [2.24, 2.45) is 5.73 Å². The van der Waals surface area contributed by atoms with Crippen LogP contribution in [0.1, 0.15) is 53.6 Å². The van der Waals surface area contributed by atoms with Crippen LogP contribution in [0.2, 0.25) is 5.02 Å². The van der Waals surface area contributed by atoms with Crippen molar-refractivity contribution in [1.29, 1.82) is 0 Å². The summed E-state index contributed by atoms with van der Waals surface area (Å²) in [7, 11) is 0. The van der Waals surface area contributed by atoms with Gasteiger partial charge >= 0.3 is 0 Å². The van der Waals surface area contributed by atoms with E-state index in [4.69, 9.17) is 17.3 Å². The summed E-state index contributed by atoms with van der Waals surface area (Å²) in [6.45, 7) is 0.919. The SMILES string of the molecule is NC(=O)c1cccc(C23CCCC(CC2)N3Cc2ccc(Cl)cc2)c1.